The number of nitrogens with zero attached hydrogens (tertiary/aromatic N) is 2. The molecule has 0 spiro atoms. The van der Waals surface area contributed by atoms with Crippen molar-refractivity contribution in [3.63, 3.8) is 0 Å². The summed E-state index contributed by atoms with van der Waals surface area (Å²) in [5.74, 6) is 0. The number of hydrogen-bond acceptors (Lipinski definition) is 3. The molecule has 90 valence electrons. The lowest BCUT2D eigenvalue weighted by molar-refractivity contribution is 0.607. The average molecular weight is 222 g/mol. The van der Waals surface area contributed by atoms with Crippen LogP contribution in [0.3, 0.4) is 0 Å². The molecule has 1 saturated carbocycles. The van der Waals surface area contributed by atoms with Gasteiger partial charge in [-0.1, -0.05) is 6.92 Å². The molecule has 0 atom stereocenters. The van der Waals surface area contributed by atoms with Gasteiger partial charge in [0.2, 0.25) is 0 Å². The van der Waals surface area contributed by atoms with Crippen LogP contribution < -0.4 is 10.6 Å². The van der Waals surface area contributed by atoms with Crippen molar-refractivity contribution < 1.29 is 0 Å². The van der Waals surface area contributed by atoms with Crippen molar-refractivity contribution >= 4 is 0 Å². The Morgan fingerprint density at radius 2 is 2.25 bits per heavy atom. The first kappa shape index (κ1) is 11.6. The highest BCUT2D eigenvalue weighted by atomic mass is 15.3. The van der Waals surface area contributed by atoms with Crippen LogP contribution in [-0.4, -0.2) is 28.9 Å². The van der Waals surface area contributed by atoms with Crippen molar-refractivity contribution in [3.8, 4) is 0 Å². The van der Waals surface area contributed by atoms with Gasteiger partial charge in [0.15, 0.2) is 0 Å². The molecule has 1 aromatic heterocycles. The van der Waals surface area contributed by atoms with Gasteiger partial charge in [0.25, 0.3) is 0 Å². The Labute approximate surface area is 97.4 Å². The van der Waals surface area contributed by atoms with Gasteiger partial charge in [-0.25, -0.2) is 0 Å². The molecule has 0 bridgehead atoms. The topological polar surface area (TPSA) is 41.9 Å². The number of rotatable bonds is 7. The number of hydrogen-bond donors (Lipinski definition) is 2. The van der Waals surface area contributed by atoms with Crippen molar-refractivity contribution in [1.29, 1.82) is 0 Å². The monoisotopic (exact) mass is 222 g/mol. The summed E-state index contributed by atoms with van der Waals surface area (Å²) in [5, 5.41) is 11.4. The van der Waals surface area contributed by atoms with Crippen LogP contribution in [0.5, 0.6) is 0 Å². The van der Waals surface area contributed by atoms with Crippen molar-refractivity contribution in [3.05, 3.63) is 17.5 Å². The Bertz CT molecular complexity index is 328. The maximum Gasteiger partial charge on any atom is 0.0666 e. The molecule has 1 aromatic rings. The fraction of sp³-hybridized carbons (Fsp3) is 0.750. The first-order chi connectivity index (χ1) is 7.79. The van der Waals surface area contributed by atoms with Gasteiger partial charge in [-0.3, -0.25) is 4.68 Å². The molecule has 0 aromatic carbocycles. The third-order valence-corrected chi connectivity index (χ3v) is 2.95. The molecule has 1 aliphatic carbocycles. The van der Waals surface area contributed by atoms with Gasteiger partial charge >= 0.3 is 0 Å². The van der Waals surface area contributed by atoms with Gasteiger partial charge in [0.05, 0.1) is 5.69 Å². The number of aryl methyl sites for hydroxylation is 2. The van der Waals surface area contributed by atoms with E-state index in [4.69, 9.17) is 0 Å². The minimum Gasteiger partial charge on any atom is -0.313 e. The van der Waals surface area contributed by atoms with E-state index in [-0.39, 0.29) is 0 Å². The van der Waals surface area contributed by atoms with Gasteiger partial charge in [0, 0.05) is 44.5 Å². The lowest BCUT2D eigenvalue weighted by Crippen LogP contribution is -2.28. The third-order valence-electron chi connectivity index (χ3n) is 2.95. The zero-order valence-corrected chi connectivity index (χ0v) is 10.3. The minimum atomic E-state index is 0.811. The summed E-state index contributed by atoms with van der Waals surface area (Å²) >= 11 is 0. The van der Waals surface area contributed by atoms with Gasteiger partial charge in [0.1, 0.15) is 0 Å². The van der Waals surface area contributed by atoms with Gasteiger partial charge < -0.3 is 10.6 Å². The van der Waals surface area contributed by atoms with Crippen LogP contribution in [0.4, 0.5) is 0 Å². The zero-order valence-electron chi connectivity index (χ0n) is 10.3. The van der Waals surface area contributed by atoms with Crippen LogP contribution in [-0.2, 0) is 20.0 Å². The summed E-state index contributed by atoms with van der Waals surface area (Å²) in [6.45, 7) is 5.20. The molecule has 4 nitrogen and oxygen atoms in total. The quantitative estimate of drug-likeness (QED) is 0.671. The normalized spacial score (nSPS) is 15.6. The minimum absolute atomic E-state index is 0.811. The van der Waals surface area contributed by atoms with Crippen molar-refractivity contribution in [2.75, 3.05) is 13.1 Å². The van der Waals surface area contributed by atoms with E-state index < -0.39 is 0 Å². The van der Waals surface area contributed by atoms with E-state index in [0.717, 1.165) is 32.1 Å². The van der Waals surface area contributed by atoms with Crippen LogP contribution in [0.15, 0.2) is 6.20 Å². The standard InChI is InChI=1S/C12H22N4/c1-3-12-10(9-16(2)15-12)8-13-6-7-14-11-4-5-11/h9,11,13-14H,3-8H2,1-2H3. The molecular weight excluding hydrogens is 200 g/mol. The maximum atomic E-state index is 4.43. The van der Waals surface area contributed by atoms with Crippen LogP contribution >= 0.6 is 0 Å². The zero-order chi connectivity index (χ0) is 11.4. The number of nitrogens with one attached hydrogen (secondary N) is 2. The fourth-order valence-electron chi connectivity index (χ4n) is 1.90. The maximum absolute atomic E-state index is 4.43. The molecule has 2 N–H and O–H groups in total. The molecule has 16 heavy (non-hydrogen) atoms. The van der Waals surface area contributed by atoms with Crippen LogP contribution in [0.25, 0.3) is 0 Å². The first-order valence-electron chi connectivity index (χ1n) is 6.25. The Morgan fingerprint density at radius 1 is 1.44 bits per heavy atom. The summed E-state index contributed by atoms with van der Waals surface area (Å²) in [6.07, 6.45) is 5.85. The molecular formula is C12H22N4. The van der Waals surface area contributed by atoms with E-state index in [2.05, 4.69) is 28.9 Å². The molecule has 2 rings (SSSR count). The molecule has 0 radical (unpaired) electrons. The number of aromatic nitrogens is 2. The largest absolute Gasteiger partial charge is 0.313 e. The molecule has 4 heteroatoms. The van der Waals surface area contributed by atoms with Gasteiger partial charge in [-0.05, 0) is 19.3 Å². The van der Waals surface area contributed by atoms with Crippen molar-refractivity contribution in [1.82, 2.24) is 20.4 Å². The fourth-order valence-corrected chi connectivity index (χ4v) is 1.90. The second-order valence-electron chi connectivity index (χ2n) is 4.53. The lowest BCUT2D eigenvalue weighted by Gasteiger charge is -2.05. The van der Waals surface area contributed by atoms with E-state index in [0.29, 0.717) is 0 Å². The molecule has 0 aliphatic heterocycles. The SMILES string of the molecule is CCc1nn(C)cc1CNCCNC1CC1. The molecule has 0 unspecified atom stereocenters. The van der Waals surface area contributed by atoms with E-state index in [9.17, 15) is 0 Å². The highest BCUT2D eigenvalue weighted by Crippen LogP contribution is 2.17. The van der Waals surface area contributed by atoms with E-state index in [1.54, 1.807) is 0 Å². The van der Waals surface area contributed by atoms with Crippen LogP contribution in [0, 0.1) is 0 Å². The first-order valence-corrected chi connectivity index (χ1v) is 6.25. The summed E-state index contributed by atoms with van der Waals surface area (Å²) in [7, 11) is 1.98. The third kappa shape index (κ3) is 3.32. The average Bonchev–Trinajstić information content (AvgIpc) is 3.01. The van der Waals surface area contributed by atoms with Crippen molar-refractivity contribution in [2.45, 2.75) is 38.8 Å². The molecule has 1 aliphatic rings. The lowest BCUT2D eigenvalue weighted by atomic mass is 10.2. The Balaban J connectivity index is 1.66. The van der Waals surface area contributed by atoms with Gasteiger partial charge in [-0.2, -0.15) is 5.10 Å². The van der Waals surface area contributed by atoms with Crippen molar-refractivity contribution in [2.24, 2.45) is 7.05 Å². The smallest absolute Gasteiger partial charge is 0.0666 e. The van der Waals surface area contributed by atoms with E-state index in [1.165, 1.54) is 24.1 Å². The Hall–Kier alpha value is -0.870. The predicted molar refractivity (Wildman–Crippen MR) is 65.3 cm³/mol. The van der Waals surface area contributed by atoms with Gasteiger partial charge in [-0.15, -0.1) is 0 Å². The van der Waals surface area contributed by atoms with E-state index >= 15 is 0 Å². The molecule has 1 fully saturated rings. The Morgan fingerprint density at radius 3 is 2.94 bits per heavy atom. The molecule has 1 heterocycles. The van der Waals surface area contributed by atoms with E-state index in [1.807, 2.05) is 11.7 Å². The second-order valence-corrected chi connectivity index (χ2v) is 4.53. The highest BCUT2D eigenvalue weighted by Gasteiger charge is 2.19. The van der Waals surface area contributed by atoms with Crippen LogP contribution in [0.1, 0.15) is 31.0 Å². The summed E-state index contributed by atoms with van der Waals surface area (Å²) in [4.78, 5) is 0. The summed E-state index contributed by atoms with van der Waals surface area (Å²) in [5.41, 5.74) is 2.54. The second kappa shape index (κ2) is 5.46. The molecule has 0 amide bonds. The predicted octanol–water partition coefficient (Wildman–Crippen LogP) is 0.824. The highest BCUT2D eigenvalue weighted by molar-refractivity contribution is 5.16. The Kier molecular flexibility index (Phi) is 3.96. The molecule has 0 saturated heterocycles. The summed E-state index contributed by atoms with van der Waals surface area (Å²) < 4.78 is 1.90. The summed E-state index contributed by atoms with van der Waals surface area (Å²) in [6, 6.07) is 0.811. The van der Waals surface area contributed by atoms with Crippen LogP contribution in [0.2, 0.25) is 0 Å².